The van der Waals surface area contributed by atoms with Gasteiger partial charge in [0.2, 0.25) is 11.8 Å². The summed E-state index contributed by atoms with van der Waals surface area (Å²) in [5.74, 6) is 0.415. The molecule has 5 nitrogen and oxygen atoms in total. The molecule has 1 aliphatic heterocycles. The van der Waals surface area contributed by atoms with E-state index in [0.717, 1.165) is 38.8 Å². The first-order valence-corrected chi connectivity index (χ1v) is 7.45. The predicted octanol–water partition coefficient (Wildman–Crippen LogP) is 0.409. The first kappa shape index (κ1) is 14.3. The minimum atomic E-state index is -0.261. The van der Waals surface area contributed by atoms with Gasteiger partial charge in [-0.05, 0) is 31.7 Å². The average molecular weight is 267 g/mol. The fourth-order valence-electron chi connectivity index (χ4n) is 3.35. The largest absolute Gasteiger partial charge is 0.355 e. The molecule has 19 heavy (non-hydrogen) atoms. The van der Waals surface area contributed by atoms with E-state index in [4.69, 9.17) is 0 Å². The van der Waals surface area contributed by atoms with Crippen LogP contribution in [0.4, 0.5) is 0 Å². The fourth-order valence-corrected chi connectivity index (χ4v) is 3.35. The molecule has 5 heteroatoms. The van der Waals surface area contributed by atoms with Crippen LogP contribution in [0.3, 0.4) is 0 Å². The minimum Gasteiger partial charge on any atom is -0.355 e. The molecule has 2 aliphatic rings. The van der Waals surface area contributed by atoms with Crippen molar-refractivity contribution in [2.45, 2.75) is 39.0 Å². The maximum atomic E-state index is 12.4. The number of hydrogen-bond acceptors (Lipinski definition) is 3. The van der Waals surface area contributed by atoms with Gasteiger partial charge in [0, 0.05) is 13.1 Å². The van der Waals surface area contributed by atoms with Crippen molar-refractivity contribution in [3.05, 3.63) is 0 Å². The standard InChI is InChI=1S/C14H25N3O2/c1-2-7-16-12(18)9-17-13(19)14-6-4-3-5-11(14)8-15-10-14/h11,15H,2-10H2,1H3,(H,16,18)(H,17,19)/t11-,14+/m0/s1. The lowest BCUT2D eigenvalue weighted by Gasteiger charge is -2.37. The number of nitrogens with one attached hydrogen (secondary N) is 3. The molecule has 0 bridgehead atoms. The van der Waals surface area contributed by atoms with E-state index in [-0.39, 0.29) is 23.8 Å². The van der Waals surface area contributed by atoms with E-state index in [0.29, 0.717) is 12.5 Å². The topological polar surface area (TPSA) is 70.2 Å². The Morgan fingerprint density at radius 3 is 2.95 bits per heavy atom. The second-order valence-corrected chi connectivity index (χ2v) is 5.76. The summed E-state index contributed by atoms with van der Waals surface area (Å²) < 4.78 is 0. The summed E-state index contributed by atoms with van der Waals surface area (Å²) in [7, 11) is 0. The van der Waals surface area contributed by atoms with Crippen LogP contribution in [0.15, 0.2) is 0 Å². The van der Waals surface area contributed by atoms with Crippen molar-refractivity contribution >= 4 is 11.8 Å². The van der Waals surface area contributed by atoms with Crippen molar-refractivity contribution in [2.24, 2.45) is 11.3 Å². The number of amides is 2. The zero-order chi connectivity index (χ0) is 13.7. The fraction of sp³-hybridized carbons (Fsp3) is 0.857. The molecule has 0 aromatic rings. The first-order valence-electron chi connectivity index (χ1n) is 7.45. The molecule has 3 N–H and O–H groups in total. The van der Waals surface area contributed by atoms with E-state index in [1.807, 2.05) is 6.92 Å². The van der Waals surface area contributed by atoms with Crippen LogP contribution in [0, 0.1) is 11.3 Å². The molecule has 108 valence electrons. The third-order valence-corrected chi connectivity index (χ3v) is 4.47. The van der Waals surface area contributed by atoms with Crippen molar-refractivity contribution in [1.82, 2.24) is 16.0 Å². The van der Waals surface area contributed by atoms with Gasteiger partial charge in [0.25, 0.3) is 0 Å². The lowest BCUT2D eigenvalue weighted by atomic mass is 9.67. The lowest BCUT2D eigenvalue weighted by Crippen LogP contribution is -2.50. The maximum Gasteiger partial charge on any atom is 0.239 e. The molecular formula is C14H25N3O2. The smallest absolute Gasteiger partial charge is 0.239 e. The Hall–Kier alpha value is -1.10. The average Bonchev–Trinajstić information content (AvgIpc) is 2.87. The highest BCUT2D eigenvalue weighted by atomic mass is 16.2. The summed E-state index contributed by atoms with van der Waals surface area (Å²) >= 11 is 0. The van der Waals surface area contributed by atoms with Gasteiger partial charge >= 0.3 is 0 Å². The van der Waals surface area contributed by atoms with Gasteiger partial charge in [0.1, 0.15) is 0 Å². The van der Waals surface area contributed by atoms with Crippen LogP contribution < -0.4 is 16.0 Å². The number of rotatable bonds is 5. The molecule has 2 fully saturated rings. The van der Waals surface area contributed by atoms with Crippen LogP contribution in [0.25, 0.3) is 0 Å². The number of hydrogen-bond donors (Lipinski definition) is 3. The molecule has 0 aromatic carbocycles. The van der Waals surface area contributed by atoms with Gasteiger partial charge in [-0.2, -0.15) is 0 Å². The Bertz CT molecular complexity index is 346. The first-order chi connectivity index (χ1) is 9.19. The van der Waals surface area contributed by atoms with E-state index in [1.165, 1.54) is 6.42 Å². The zero-order valence-corrected chi connectivity index (χ0v) is 11.8. The number of fused-ring (bicyclic) bond motifs is 1. The Morgan fingerprint density at radius 2 is 2.16 bits per heavy atom. The number of carbonyl (C=O) groups is 2. The molecule has 0 spiro atoms. The van der Waals surface area contributed by atoms with Crippen LogP contribution in [-0.4, -0.2) is 38.0 Å². The molecule has 1 aliphatic carbocycles. The summed E-state index contributed by atoms with van der Waals surface area (Å²) in [6, 6.07) is 0. The molecule has 1 saturated heterocycles. The van der Waals surface area contributed by atoms with Crippen LogP contribution in [-0.2, 0) is 9.59 Å². The Labute approximate surface area is 114 Å². The van der Waals surface area contributed by atoms with E-state index in [9.17, 15) is 9.59 Å². The van der Waals surface area contributed by atoms with E-state index >= 15 is 0 Å². The third-order valence-electron chi connectivity index (χ3n) is 4.47. The highest BCUT2D eigenvalue weighted by Crippen LogP contribution is 2.43. The SMILES string of the molecule is CCCNC(=O)CNC(=O)[C@@]12CCCC[C@H]1CNC2. The van der Waals surface area contributed by atoms with E-state index in [2.05, 4.69) is 16.0 Å². The van der Waals surface area contributed by atoms with E-state index < -0.39 is 0 Å². The van der Waals surface area contributed by atoms with Crippen LogP contribution in [0.1, 0.15) is 39.0 Å². The van der Waals surface area contributed by atoms with Crippen molar-refractivity contribution in [3.8, 4) is 0 Å². The highest BCUT2D eigenvalue weighted by molar-refractivity contribution is 5.88. The highest BCUT2D eigenvalue weighted by Gasteiger charge is 2.49. The van der Waals surface area contributed by atoms with Gasteiger partial charge in [-0.3, -0.25) is 9.59 Å². The maximum absolute atomic E-state index is 12.4. The van der Waals surface area contributed by atoms with Gasteiger partial charge in [0.15, 0.2) is 0 Å². The van der Waals surface area contributed by atoms with Crippen LogP contribution in [0.5, 0.6) is 0 Å². The Kier molecular flexibility index (Phi) is 4.80. The molecule has 0 unspecified atom stereocenters. The van der Waals surface area contributed by atoms with Crippen LogP contribution >= 0.6 is 0 Å². The second kappa shape index (κ2) is 6.37. The minimum absolute atomic E-state index is 0.0637. The van der Waals surface area contributed by atoms with Gasteiger partial charge in [-0.15, -0.1) is 0 Å². The molecule has 0 aromatic heterocycles. The lowest BCUT2D eigenvalue weighted by molar-refractivity contribution is -0.135. The van der Waals surface area contributed by atoms with Crippen molar-refractivity contribution < 1.29 is 9.59 Å². The Morgan fingerprint density at radius 1 is 1.32 bits per heavy atom. The molecular weight excluding hydrogens is 242 g/mol. The molecule has 1 heterocycles. The third kappa shape index (κ3) is 3.08. The normalized spacial score (nSPS) is 29.6. The van der Waals surface area contributed by atoms with Gasteiger partial charge in [-0.25, -0.2) is 0 Å². The monoisotopic (exact) mass is 267 g/mol. The molecule has 2 amide bonds. The second-order valence-electron chi connectivity index (χ2n) is 5.76. The van der Waals surface area contributed by atoms with Gasteiger partial charge < -0.3 is 16.0 Å². The van der Waals surface area contributed by atoms with Crippen molar-refractivity contribution in [1.29, 1.82) is 0 Å². The van der Waals surface area contributed by atoms with Gasteiger partial charge in [-0.1, -0.05) is 19.8 Å². The molecule has 1 saturated carbocycles. The van der Waals surface area contributed by atoms with Crippen LogP contribution in [0.2, 0.25) is 0 Å². The van der Waals surface area contributed by atoms with Gasteiger partial charge in [0.05, 0.1) is 12.0 Å². The summed E-state index contributed by atoms with van der Waals surface area (Å²) in [6.07, 6.45) is 5.33. The number of carbonyl (C=O) groups excluding carboxylic acids is 2. The zero-order valence-electron chi connectivity index (χ0n) is 11.8. The summed E-state index contributed by atoms with van der Waals surface area (Å²) in [5, 5.41) is 8.96. The molecule has 2 atom stereocenters. The summed E-state index contributed by atoms with van der Waals surface area (Å²) in [4.78, 5) is 24.0. The molecule has 2 rings (SSSR count). The van der Waals surface area contributed by atoms with Crippen molar-refractivity contribution in [3.63, 3.8) is 0 Å². The van der Waals surface area contributed by atoms with Crippen molar-refractivity contribution in [2.75, 3.05) is 26.2 Å². The Balaban J connectivity index is 1.86. The predicted molar refractivity (Wildman–Crippen MR) is 73.6 cm³/mol. The van der Waals surface area contributed by atoms with E-state index in [1.54, 1.807) is 0 Å². The summed E-state index contributed by atoms with van der Waals surface area (Å²) in [5.41, 5.74) is -0.261. The quantitative estimate of drug-likeness (QED) is 0.675. The summed E-state index contributed by atoms with van der Waals surface area (Å²) in [6.45, 7) is 4.49. The molecule has 0 radical (unpaired) electrons.